The summed E-state index contributed by atoms with van der Waals surface area (Å²) in [6.45, 7) is 0. The maximum absolute atomic E-state index is 12.9. The lowest BCUT2D eigenvalue weighted by molar-refractivity contribution is 0.0207. The van der Waals surface area contributed by atoms with Gasteiger partial charge in [-0.25, -0.2) is 0 Å². The molecule has 3 rings (SSSR count). The number of ketones is 1. The van der Waals surface area contributed by atoms with Crippen LogP contribution in [-0.4, -0.2) is 57.6 Å². The van der Waals surface area contributed by atoms with Crippen LogP contribution in [0.15, 0.2) is 18.2 Å². The maximum atomic E-state index is 12.9. The highest BCUT2D eigenvalue weighted by Gasteiger charge is 2.41. The number of ether oxygens (including phenoxy) is 6. The Morgan fingerprint density at radius 2 is 1.38 bits per heavy atom. The highest BCUT2D eigenvalue weighted by atomic mass is 16.5. The SMILES string of the molecule is COc1cc2c(c(OC)c1O)C(=O)C(O)C(c1cc(OC)c(OC)c(OC)c1)O2. The van der Waals surface area contributed by atoms with Gasteiger partial charge >= 0.3 is 0 Å². The van der Waals surface area contributed by atoms with Crippen LogP contribution in [-0.2, 0) is 0 Å². The lowest BCUT2D eigenvalue weighted by atomic mass is 9.92. The van der Waals surface area contributed by atoms with E-state index in [-0.39, 0.29) is 28.6 Å². The third-order valence-corrected chi connectivity index (χ3v) is 4.68. The van der Waals surface area contributed by atoms with Crippen molar-refractivity contribution in [3.63, 3.8) is 0 Å². The van der Waals surface area contributed by atoms with Crippen molar-refractivity contribution < 1.29 is 43.4 Å². The molecule has 0 radical (unpaired) electrons. The summed E-state index contributed by atoms with van der Waals surface area (Å²) >= 11 is 0. The van der Waals surface area contributed by atoms with Crippen molar-refractivity contribution in [3.05, 3.63) is 29.3 Å². The van der Waals surface area contributed by atoms with Gasteiger partial charge in [-0.1, -0.05) is 0 Å². The van der Waals surface area contributed by atoms with E-state index in [9.17, 15) is 15.0 Å². The number of hydrogen-bond acceptors (Lipinski definition) is 9. The van der Waals surface area contributed by atoms with Gasteiger partial charge in [0.15, 0.2) is 35.2 Å². The molecule has 29 heavy (non-hydrogen) atoms. The molecule has 156 valence electrons. The molecule has 0 aliphatic carbocycles. The largest absolute Gasteiger partial charge is 0.502 e. The summed E-state index contributed by atoms with van der Waals surface area (Å²) in [5.74, 6) is 0.0622. The van der Waals surface area contributed by atoms with Gasteiger partial charge in [0.25, 0.3) is 0 Å². The van der Waals surface area contributed by atoms with E-state index in [2.05, 4.69) is 0 Å². The molecule has 0 fully saturated rings. The van der Waals surface area contributed by atoms with Crippen molar-refractivity contribution in [1.29, 1.82) is 0 Å². The van der Waals surface area contributed by atoms with E-state index < -0.39 is 18.0 Å². The van der Waals surface area contributed by atoms with Gasteiger partial charge in [0.2, 0.25) is 17.3 Å². The fraction of sp³-hybridized carbons (Fsp3) is 0.350. The van der Waals surface area contributed by atoms with E-state index in [1.54, 1.807) is 12.1 Å². The fourth-order valence-corrected chi connectivity index (χ4v) is 3.28. The molecular formula is C20H22O9. The Morgan fingerprint density at radius 1 is 0.828 bits per heavy atom. The van der Waals surface area contributed by atoms with Gasteiger partial charge < -0.3 is 38.6 Å². The van der Waals surface area contributed by atoms with Crippen LogP contribution in [0.1, 0.15) is 22.0 Å². The minimum absolute atomic E-state index is 0.0634. The summed E-state index contributed by atoms with van der Waals surface area (Å²) in [6.07, 6.45) is -2.63. The number of phenols is 1. The van der Waals surface area contributed by atoms with Crippen LogP contribution in [0.5, 0.6) is 40.2 Å². The normalized spacial score (nSPS) is 17.8. The molecule has 0 spiro atoms. The highest BCUT2D eigenvalue weighted by Crippen LogP contribution is 2.49. The molecule has 2 unspecified atom stereocenters. The topological polar surface area (TPSA) is 113 Å². The first-order chi connectivity index (χ1) is 13.9. The number of carbonyl (C=O) groups is 1. The van der Waals surface area contributed by atoms with E-state index in [1.807, 2.05) is 0 Å². The van der Waals surface area contributed by atoms with Crippen LogP contribution < -0.4 is 28.4 Å². The molecule has 2 aromatic rings. The number of aromatic hydroxyl groups is 1. The second kappa shape index (κ2) is 7.96. The van der Waals surface area contributed by atoms with Crippen molar-refractivity contribution in [2.24, 2.45) is 0 Å². The van der Waals surface area contributed by atoms with E-state index in [0.29, 0.717) is 22.8 Å². The molecule has 0 aromatic heterocycles. The molecule has 2 aromatic carbocycles. The zero-order chi connectivity index (χ0) is 21.3. The van der Waals surface area contributed by atoms with Crippen LogP contribution in [0, 0.1) is 0 Å². The monoisotopic (exact) mass is 406 g/mol. The molecule has 1 aliphatic rings. The maximum Gasteiger partial charge on any atom is 0.203 e. The average Bonchev–Trinajstić information content (AvgIpc) is 2.74. The van der Waals surface area contributed by atoms with Crippen molar-refractivity contribution in [2.45, 2.75) is 12.2 Å². The fourth-order valence-electron chi connectivity index (χ4n) is 3.28. The van der Waals surface area contributed by atoms with Crippen LogP contribution >= 0.6 is 0 Å². The summed E-state index contributed by atoms with van der Waals surface area (Å²) in [7, 11) is 7.03. The minimum Gasteiger partial charge on any atom is -0.502 e. The number of fused-ring (bicyclic) bond motifs is 1. The summed E-state index contributed by atoms with van der Waals surface area (Å²) in [6, 6.07) is 4.53. The number of Topliss-reactive ketones (excluding diaryl/α,β-unsaturated/α-hetero) is 1. The summed E-state index contributed by atoms with van der Waals surface area (Å²) in [5, 5.41) is 20.9. The molecule has 0 bridgehead atoms. The van der Waals surface area contributed by atoms with Gasteiger partial charge in [-0.3, -0.25) is 4.79 Å². The minimum atomic E-state index is -1.56. The second-order valence-electron chi connectivity index (χ2n) is 6.14. The Kier molecular flexibility index (Phi) is 5.60. The first kappa shape index (κ1) is 20.4. The quantitative estimate of drug-likeness (QED) is 0.745. The Labute approximate surface area is 167 Å². The van der Waals surface area contributed by atoms with Crippen molar-refractivity contribution in [2.75, 3.05) is 35.5 Å². The van der Waals surface area contributed by atoms with Gasteiger partial charge in [-0.05, 0) is 12.1 Å². The smallest absolute Gasteiger partial charge is 0.203 e. The van der Waals surface area contributed by atoms with Crippen LogP contribution in [0.4, 0.5) is 0 Å². The van der Waals surface area contributed by atoms with Gasteiger partial charge in [-0.2, -0.15) is 0 Å². The summed E-state index contributed by atoms with van der Waals surface area (Å²) < 4.78 is 32.1. The Morgan fingerprint density at radius 3 is 1.86 bits per heavy atom. The number of hydrogen-bond donors (Lipinski definition) is 2. The highest BCUT2D eigenvalue weighted by molar-refractivity contribution is 6.06. The zero-order valence-electron chi connectivity index (χ0n) is 16.6. The Bertz CT molecular complexity index is 913. The molecular weight excluding hydrogens is 384 g/mol. The van der Waals surface area contributed by atoms with Crippen LogP contribution in [0.2, 0.25) is 0 Å². The van der Waals surface area contributed by atoms with E-state index >= 15 is 0 Å². The van der Waals surface area contributed by atoms with E-state index in [1.165, 1.54) is 41.6 Å². The Balaban J connectivity index is 2.15. The van der Waals surface area contributed by atoms with Crippen molar-refractivity contribution in [1.82, 2.24) is 0 Å². The molecule has 1 heterocycles. The number of aliphatic hydroxyl groups is 1. The molecule has 0 amide bonds. The lowest BCUT2D eigenvalue weighted by Gasteiger charge is -2.31. The van der Waals surface area contributed by atoms with Gasteiger partial charge in [0.05, 0.1) is 35.5 Å². The molecule has 9 heteroatoms. The third-order valence-electron chi connectivity index (χ3n) is 4.68. The standard InChI is InChI=1S/C20H22O9/c1-24-11-8-10-14(20(28-5)15(11)21)16(22)17(23)18(29-10)9-6-12(25-2)19(27-4)13(7-9)26-3/h6-8,17-18,21,23H,1-5H3. The number of phenolic OH excluding ortho intramolecular Hbond substituents is 1. The Hall–Kier alpha value is -3.33. The number of benzene rings is 2. The van der Waals surface area contributed by atoms with Gasteiger partial charge in [0.1, 0.15) is 11.3 Å². The number of aliphatic hydroxyl groups excluding tert-OH is 1. The molecule has 2 N–H and O–H groups in total. The summed E-state index contributed by atoms with van der Waals surface area (Å²) in [5.41, 5.74) is 0.360. The predicted molar refractivity (Wildman–Crippen MR) is 101 cm³/mol. The van der Waals surface area contributed by atoms with Gasteiger partial charge in [-0.15, -0.1) is 0 Å². The molecule has 2 atom stereocenters. The first-order valence-electron chi connectivity index (χ1n) is 8.58. The predicted octanol–water partition coefficient (Wildman–Crippen LogP) is 2.11. The second-order valence-corrected chi connectivity index (χ2v) is 6.14. The number of rotatable bonds is 6. The van der Waals surface area contributed by atoms with E-state index in [0.717, 1.165) is 0 Å². The lowest BCUT2D eigenvalue weighted by Crippen LogP contribution is -2.36. The first-order valence-corrected chi connectivity index (χ1v) is 8.58. The van der Waals surface area contributed by atoms with Crippen LogP contribution in [0.25, 0.3) is 0 Å². The number of carbonyl (C=O) groups excluding carboxylic acids is 1. The number of methoxy groups -OCH3 is 5. The molecule has 0 saturated carbocycles. The van der Waals surface area contributed by atoms with Crippen molar-refractivity contribution >= 4 is 5.78 Å². The summed E-state index contributed by atoms with van der Waals surface area (Å²) in [4.78, 5) is 12.9. The van der Waals surface area contributed by atoms with Crippen molar-refractivity contribution in [3.8, 4) is 40.2 Å². The van der Waals surface area contributed by atoms with Gasteiger partial charge in [0, 0.05) is 11.6 Å². The van der Waals surface area contributed by atoms with Crippen LogP contribution in [0.3, 0.4) is 0 Å². The zero-order valence-corrected chi connectivity index (χ0v) is 16.6. The molecule has 9 nitrogen and oxygen atoms in total. The molecule has 1 aliphatic heterocycles. The average molecular weight is 406 g/mol. The van der Waals surface area contributed by atoms with E-state index in [4.69, 9.17) is 28.4 Å². The third kappa shape index (κ3) is 3.23. The molecule has 0 saturated heterocycles.